The minimum Gasteiger partial charge on any atom is -0.480 e. The summed E-state index contributed by atoms with van der Waals surface area (Å²) in [7, 11) is 3.91. The van der Waals surface area contributed by atoms with Crippen LogP contribution in [0.5, 0.6) is 5.75 Å². The molecule has 1 aromatic heterocycles. The predicted molar refractivity (Wildman–Crippen MR) is 85.4 cm³/mol. The van der Waals surface area contributed by atoms with Crippen molar-refractivity contribution >= 4 is 17.6 Å². The molecular formula is C16H22N4O3. The van der Waals surface area contributed by atoms with E-state index in [1.165, 1.54) is 4.90 Å². The molecule has 7 heteroatoms. The van der Waals surface area contributed by atoms with Gasteiger partial charge in [0.1, 0.15) is 6.54 Å². The molecule has 3 rings (SSSR count). The smallest absolute Gasteiger partial charge is 0.266 e. The lowest BCUT2D eigenvalue weighted by Gasteiger charge is -2.36. The van der Waals surface area contributed by atoms with E-state index in [0.29, 0.717) is 11.6 Å². The largest absolute Gasteiger partial charge is 0.480 e. The fourth-order valence-corrected chi connectivity index (χ4v) is 3.03. The van der Waals surface area contributed by atoms with Gasteiger partial charge in [-0.2, -0.15) is 0 Å². The number of likely N-dealkylation sites (tertiary alicyclic amines) is 1. The van der Waals surface area contributed by atoms with E-state index in [1.807, 2.05) is 7.05 Å². The molecule has 7 nitrogen and oxygen atoms in total. The molecule has 0 spiro atoms. The molecule has 0 aromatic carbocycles. The van der Waals surface area contributed by atoms with E-state index in [0.717, 1.165) is 25.9 Å². The highest BCUT2D eigenvalue weighted by Gasteiger charge is 2.31. The van der Waals surface area contributed by atoms with E-state index in [4.69, 9.17) is 4.74 Å². The SMILES string of the molecule is CN1CCC(N(C)C(=O)CN2C(=O)COc3cccnc32)CC1. The third-order valence-corrected chi connectivity index (χ3v) is 4.58. The first-order chi connectivity index (χ1) is 11.1. The molecule has 3 heterocycles. The lowest BCUT2D eigenvalue weighted by Crippen LogP contribution is -2.50. The summed E-state index contributed by atoms with van der Waals surface area (Å²) in [4.78, 5) is 34.4. The topological polar surface area (TPSA) is 66.0 Å². The summed E-state index contributed by atoms with van der Waals surface area (Å²) < 4.78 is 5.35. The molecule has 23 heavy (non-hydrogen) atoms. The van der Waals surface area contributed by atoms with E-state index in [-0.39, 0.29) is 31.0 Å². The van der Waals surface area contributed by atoms with Gasteiger partial charge in [-0.1, -0.05) is 0 Å². The van der Waals surface area contributed by atoms with Gasteiger partial charge >= 0.3 is 0 Å². The van der Waals surface area contributed by atoms with Gasteiger partial charge in [-0.15, -0.1) is 0 Å². The van der Waals surface area contributed by atoms with Crippen LogP contribution in [0.4, 0.5) is 5.82 Å². The van der Waals surface area contributed by atoms with Crippen molar-refractivity contribution in [2.45, 2.75) is 18.9 Å². The van der Waals surface area contributed by atoms with Crippen LogP contribution in [0.1, 0.15) is 12.8 Å². The van der Waals surface area contributed by atoms with Crippen molar-refractivity contribution in [3.63, 3.8) is 0 Å². The van der Waals surface area contributed by atoms with Crippen molar-refractivity contribution in [3.05, 3.63) is 18.3 Å². The molecule has 0 aliphatic carbocycles. The van der Waals surface area contributed by atoms with Gasteiger partial charge in [0.15, 0.2) is 18.2 Å². The maximum atomic E-state index is 12.6. The fourth-order valence-electron chi connectivity index (χ4n) is 3.03. The molecule has 0 atom stereocenters. The summed E-state index contributed by atoms with van der Waals surface area (Å²) >= 11 is 0. The zero-order chi connectivity index (χ0) is 16.4. The van der Waals surface area contributed by atoms with Gasteiger partial charge in [0.05, 0.1) is 0 Å². The Kier molecular flexibility index (Phi) is 4.47. The van der Waals surface area contributed by atoms with Crippen LogP contribution in [0.3, 0.4) is 0 Å². The second kappa shape index (κ2) is 6.54. The number of likely N-dealkylation sites (N-methyl/N-ethyl adjacent to an activating group) is 1. The van der Waals surface area contributed by atoms with Crippen LogP contribution in [0, 0.1) is 0 Å². The number of hydrogen-bond acceptors (Lipinski definition) is 5. The Labute approximate surface area is 135 Å². The number of amides is 2. The van der Waals surface area contributed by atoms with Crippen LogP contribution in [0.15, 0.2) is 18.3 Å². The number of piperidine rings is 1. The maximum Gasteiger partial charge on any atom is 0.266 e. The summed E-state index contributed by atoms with van der Waals surface area (Å²) in [5.74, 6) is 0.670. The van der Waals surface area contributed by atoms with E-state index >= 15 is 0 Å². The highest BCUT2D eigenvalue weighted by atomic mass is 16.5. The number of ether oxygens (including phenoxy) is 1. The number of rotatable bonds is 3. The first kappa shape index (κ1) is 15.7. The van der Waals surface area contributed by atoms with Crippen LogP contribution in [-0.2, 0) is 9.59 Å². The average molecular weight is 318 g/mol. The average Bonchev–Trinajstić information content (AvgIpc) is 2.57. The minimum absolute atomic E-state index is 0.00897. The normalized spacial score (nSPS) is 19.2. The minimum atomic E-state index is -0.235. The molecule has 2 aliphatic rings. The third kappa shape index (κ3) is 3.29. The van der Waals surface area contributed by atoms with Gasteiger partial charge in [-0.25, -0.2) is 4.98 Å². The molecule has 0 bridgehead atoms. The molecule has 2 amide bonds. The molecule has 0 unspecified atom stereocenters. The number of pyridine rings is 1. The second-order valence-corrected chi connectivity index (χ2v) is 6.13. The van der Waals surface area contributed by atoms with Crippen LogP contribution < -0.4 is 9.64 Å². The van der Waals surface area contributed by atoms with Crippen LogP contribution in [-0.4, -0.2) is 73.0 Å². The van der Waals surface area contributed by atoms with Crippen molar-refractivity contribution in [1.82, 2.24) is 14.8 Å². The number of anilines is 1. The standard InChI is InChI=1S/C16H22N4O3/c1-18-8-5-12(6-9-18)19(2)14(21)10-20-15(22)11-23-13-4-3-7-17-16(13)20/h3-4,7,12H,5-6,8-11H2,1-2H3. The van der Waals surface area contributed by atoms with Crippen LogP contribution in [0.25, 0.3) is 0 Å². The Bertz CT molecular complexity index is 599. The van der Waals surface area contributed by atoms with Crippen molar-refractivity contribution in [3.8, 4) is 5.75 Å². The molecule has 1 saturated heterocycles. The van der Waals surface area contributed by atoms with Gasteiger partial charge in [-0.3, -0.25) is 14.5 Å². The highest BCUT2D eigenvalue weighted by Crippen LogP contribution is 2.29. The maximum absolute atomic E-state index is 12.6. The number of aromatic nitrogens is 1. The van der Waals surface area contributed by atoms with Gasteiger partial charge in [-0.05, 0) is 45.1 Å². The van der Waals surface area contributed by atoms with Gasteiger partial charge in [0.25, 0.3) is 5.91 Å². The number of fused-ring (bicyclic) bond motifs is 1. The molecule has 0 N–H and O–H groups in total. The van der Waals surface area contributed by atoms with Crippen molar-refractivity contribution in [1.29, 1.82) is 0 Å². The Morgan fingerprint density at radius 1 is 1.43 bits per heavy atom. The summed E-state index contributed by atoms with van der Waals surface area (Å²) in [6.07, 6.45) is 3.52. The summed E-state index contributed by atoms with van der Waals surface area (Å²) in [6.45, 7) is 1.94. The molecule has 1 aromatic rings. The summed E-state index contributed by atoms with van der Waals surface area (Å²) in [6, 6.07) is 3.74. The van der Waals surface area contributed by atoms with Gasteiger partial charge in [0.2, 0.25) is 5.91 Å². The molecule has 1 fully saturated rings. The quantitative estimate of drug-likeness (QED) is 0.805. The number of carbonyl (C=O) groups is 2. The monoisotopic (exact) mass is 318 g/mol. The van der Waals surface area contributed by atoms with Crippen molar-refractivity contribution in [2.24, 2.45) is 0 Å². The first-order valence-electron chi connectivity index (χ1n) is 7.88. The van der Waals surface area contributed by atoms with E-state index < -0.39 is 0 Å². The summed E-state index contributed by atoms with van der Waals surface area (Å²) in [5, 5.41) is 0. The Balaban J connectivity index is 1.69. The number of hydrogen-bond donors (Lipinski definition) is 0. The van der Waals surface area contributed by atoms with Crippen LogP contribution in [0.2, 0.25) is 0 Å². The Hall–Kier alpha value is -2.15. The predicted octanol–water partition coefficient (Wildman–Crippen LogP) is 0.360. The molecular weight excluding hydrogens is 296 g/mol. The van der Waals surface area contributed by atoms with E-state index in [9.17, 15) is 9.59 Å². The fraction of sp³-hybridized carbons (Fsp3) is 0.562. The second-order valence-electron chi connectivity index (χ2n) is 6.13. The first-order valence-corrected chi connectivity index (χ1v) is 7.88. The third-order valence-electron chi connectivity index (χ3n) is 4.58. The number of carbonyl (C=O) groups excluding carboxylic acids is 2. The lowest BCUT2D eigenvalue weighted by atomic mass is 10.0. The van der Waals surface area contributed by atoms with E-state index in [1.54, 1.807) is 23.2 Å². The molecule has 124 valence electrons. The number of nitrogens with zero attached hydrogens (tertiary/aromatic N) is 4. The highest BCUT2D eigenvalue weighted by molar-refractivity contribution is 6.01. The van der Waals surface area contributed by atoms with Crippen molar-refractivity contribution in [2.75, 3.05) is 45.2 Å². The van der Waals surface area contributed by atoms with Gasteiger partial charge in [0, 0.05) is 19.3 Å². The van der Waals surface area contributed by atoms with E-state index in [2.05, 4.69) is 16.9 Å². The molecule has 0 radical (unpaired) electrons. The van der Waals surface area contributed by atoms with Gasteiger partial charge < -0.3 is 14.5 Å². The zero-order valence-electron chi connectivity index (χ0n) is 13.6. The lowest BCUT2D eigenvalue weighted by molar-refractivity contribution is -0.133. The summed E-state index contributed by atoms with van der Waals surface area (Å²) in [5.41, 5.74) is 0. The zero-order valence-corrected chi connectivity index (χ0v) is 13.6. The Morgan fingerprint density at radius 3 is 2.91 bits per heavy atom. The Morgan fingerprint density at radius 2 is 2.17 bits per heavy atom. The molecule has 0 saturated carbocycles. The van der Waals surface area contributed by atoms with Crippen molar-refractivity contribution < 1.29 is 14.3 Å². The van der Waals surface area contributed by atoms with Crippen LogP contribution >= 0.6 is 0 Å². The molecule has 2 aliphatic heterocycles.